The fourth-order valence-corrected chi connectivity index (χ4v) is 4.24. The molecule has 41 heavy (non-hydrogen) atoms. The first-order chi connectivity index (χ1) is 19.3. The van der Waals surface area contributed by atoms with Gasteiger partial charge in [-0.25, -0.2) is 4.79 Å². The number of anilines is 2. The maximum atomic E-state index is 13.5. The van der Waals surface area contributed by atoms with E-state index in [1.54, 1.807) is 45.3 Å². The van der Waals surface area contributed by atoms with Crippen molar-refractivity contribution >= 4 is 29.2 Å². The van der Waals surface area contributed by atoms with Gasteiger partial charge in [-0.1, -0.05) is 6.92 Å². The number of carbonyl (C=O) groups is 3. The molecule has 3 rings (SSSR count). The first-order valence-electron chi connectivity index (χ1n) is 13.1. The fraction of sp³-hybridized carbons (Fsp3) is 0.464. The molecule has 13 heteroatoms. The van der Waals surface area contributed by atoms with Crippen molar-refractivity contribution in [3.05, 3.63) is 48.0 Å². The van der Waals surface area contributed by atoms with E-state index < -0.39 is 43.0 Å². The maximum Gasteiger partial charge on any atom is 0.389 e. The van der Waals surface area contributed by atoms with Crippen molar-refractivity contribution < 1.29 is 42.1 Å². The fourth-order valence-electron chi connectivity index (χ4n) is 4.24. The summed E-state index contributed by atoms with van der Waals surface area (Å²) in [5.41, 5.74) is 0.768. The van der Waals surface area contributed by atoms with Crippen LogP contribution in [0.1, 0.15) is 37.0 Å². The average Bonchev–Trinajstić information content (AvgIpc) is 2.93. The zero-order chi connectivity index (χ0) is 30.3. The van der Waals surface area contributed by atoms with Gasteiger partial charge in [-0.3, -0.25) is 9.59 Å². The van der Waals surface area contributed by atoms with Gasteiger partial charge in [0.05, 0.1) is 38.3 Å². The standard InChI is InChI=1S/C28H35F3N4O6/c1-17-14-35(18(2)16-36)26(38)22-13-20(32-25(37)11-12-28(29,30)31)7-10-23(22)41-24(17)15-34(3)27(39)33-19-5-8-21(40-4)9-6-19/h5-10,13,17-18,24,36H,11-12,14-16H2,1-4H3,(H,32,37)(H,33,39)/t17-,18-,24-/m1/s1. The van der Waals surface area contributed by atoms with Gasteiger partial charge in [-0.05, 0) is 49.4 Å². The highest BCUT2D eigenvalue weighted by molar-refractivity contribution is 6.00. The Morgan fingerprint density at radius 2 is 1.83 bits per heavy atom. The molecule has 3 atom stereocenters. The predicted octanol–water partition coefficient (Wildman–Crippen LogP) is 4.36. The number of amides is 4. The third-order valence-electron chi connectivity index (χ3n) is 6.73. The lowest BCUT2D eigenvalue weighted by Gasteiger charge is -2.38. The van der Waals surface area contributed by atoms with Crippen molar-refractivity contribution in [2.75, 3.05) is 44.5 Å². The van der Waals surface area contributed by atoms with Crippen molar-refractivity contribution in [2.45, 2.75) is 45.0 Å². The highest BCUT2D eigenvalue weighted by Gasteiger charge is 2.34. The van der Waals surface area contributed by atoms with E-state index >= 15 is 0 Å². The highest BCUT2D eigenvalue weighted by atomic mass is 19.4. The molecule has 10 nitrogen and oxygen atoms in total. The molecule has 0 aliphatic carbocycles. The zero-order valence-electron chi connectivity index (χ0n) is 23.3. The lowest BCUT2D eigenvalue weighted by Crippen LogP contribution is -2.50. The molecule has 0 bridgehead atoms. The summed E-state index contributed by atoms with van der Waals surface area (Å²) < 4.78 is 48.9. The number of benzene rings is 2. The number of fused-ring (bicyclic) bond motifs is 1. The lowest BCUT2D eigenvalue weighted by atomic mass is 9.99. The van der Waals surface area contributed by atoms with Crippen molar-refractivity contribution in [2.24, 2.45) is 5.92 Å². The van der Waals surface area contributed by atoms with Gasteiger partial charge in [-0.2, -0.15) is 13.2 Å². The van der Waals surface area contributed by atoms with E-state index in [2.05, 4.69) is 10.6 Å². The number of likely N-dealkylation sites (N-methyl/N-ethyl adjacent to an activating group) is 1. The second kappa shape index (κ2) is 13.6. The van der Waals surface area contributed by atoms with Crippen LogP contribution in [0.25, 0.3) is 0 Å². The second-order valence-corrected chi connectivity index (χ2v) is 10.0. The molecule has 0 spiro atoms. The largest absolute Gasteiger partial charge is 0.497 e. The topological polar surface area (TPSA) is 120 Å². The third kappa shape index (κ3) is 8.74. The average molecular weight is 581 g/mol. The van der Waals surface area contributed by atoms with E-state index in [-0.39, 0.29) is 48.6 Å². The molecule has 0 unspecified atom stereocenters. The van der Waals surface area contributed by atoms with Crippen LogP contribution in [-0.2, 0) is 4.79 Å². The molecule has 0 aromatic heterocycles. The molecule has 0 saturated heterocycles. The summed E-state index contributed by atoms with van der Waals surface area (Å²) in [6, 6.07) is 10.1. The Hall–Kier alpha value is -4.00. The quantitative estimate of drug-likeness (QED) is 0.406. The predicted molar refractivity (Wildman–Crippen MR) is 146 cm³/mol. The van der Waals surface area contributed by atoms with Gasteiger partial charge < -0.3 is 35.0 Å². The van der Waals surface area contributed by atoms with Crippen molar-refractivity contribution in [1.82, 2.24) is 9.80 Å². The molecule has 2 aromatic rings. The van der Waals surface area contributed by atoms with Crippen LogP contribution in [0.15, 0.2) is 42.5 Å². The number of ether oxygens (including phenoxy) is 2. The van der Waals surface area contributed by atoms with Crippen LogP contribution in [0.4, 0.5) is 29.3 Å². The monoisotopic (exact) mass is 580 g/mol. The Morgan fingerprint density at radius 1 is 1.17 bits per heavy atom. The molecule has 0 radical (unpaired) electrons. The van der Waals surface area contributed by atoms with Crippen molar-refractivity contribution in [1.29, 1.82) is 0 Å². The number of nitrogens with zero attached hydrogens (tertiary/aromatic N) is 2. The lowest BCUT2D eigenvalue weighted by molar-refractivity contribution is -0.142. The van der Waals surface area contributed by atoms with E-state index in [0.29, 0.717) is 11.4 Å². The van der Waals surface area contributed by atoms with Gasteiger partial charge in [0.15, 0.2) is 0 Å². The summed E-state index contributed by atoms with van der Waals surface area (Å²) >= 11 is 0. The number of aliphatic hydroxyl groups is 1. The molecule has 2 aromatic carbocycles. The number of aliphatic hydroxyl groups excluding tert-OH is 1. The van der Waals surface area contributed by atoms with E-state index in [1.807, 2.05) is 6.92 Å². The number of alkyl halides is 3. The van der Waals surface area contributed by atoms with E-state index in [1.165, 1.54) is 28.0 Å². The Balaban J connectivity index is 1.81. The summed E-state index contributed by atoms with van der Waals surface area (Å²) in [4.78, 5) is 41.4. The first kappa shape index (κ1) is 31.5. The Kier molecular flexibility index (Phi) is 10.4. The normalized spacial score (nSPS) is 17.9. The second-order valence-electron chi connectivity index (χ2n) is 10.0. The zero-order valence-corrected chi connectivity index (χ0v) is 23.3. The molecule has 3 N–H and O–H groups in total. The molecule has 4 amide bonds. The summed E-state index contributed by atoms with van der Waals surface area (Å²) in [6.07, 6.45) is -7.08. The van der Waals surface area contributed by atoms with Gasteiger partial charge in [0.1, 0.15) is 17.6 Å². The van der Waals surface area contributed by atoms with Gasteiger partial charge in [0, 0.05) is 37.3 Å². The van der Waals surface area contributed by atoms with Crippen LogP contribution in [-0.4, -0.2) is 84.9 Å². The number of urea groups is 1. The van der Waals surface area contributed by atoms with E-state index in [0.717, 1.165) is 0 Å². The number of methoxy groups -OCH3 is 1. The van der Waals surface area contributed by atoms with Crippen LogP contribution in [0.5, 0.6) is 11.5 Å². The summed E-state index contributed by atoms with van der Waals surface area (Å²) in [5.74, 6) is -0.757. The van der Waals surface area contributed by atoms with Crippen LogP contribution < -0.4 is 20.1 Å². The van der Waals surface area contributed by atoms with Gasteiger partial charge in [0.2, 0.25) is 5.91 Å². The minimum atomic E-state index is -4.47. The Labute approximate surface area is 236 Å². The minimum Gasteiger partial charge on any atom is -0.497 e. The molecule has 1 heterocycles. The van der Waals surface area contributed by atoms with Crippen molar-refractivity contribution in [3.63, 3.8) is 0 Å². The minimum absolute atomic E-state index is 0.0705. The summed E-state index contributed by atoms with van der Waals surface area (Å²) in [5, 5.41) is 15.0. The van der Waals surface area contributed by atoms with E-state index in [4.69, 9.17) is 9.47 Å². The van der Waals surface area contributed by atoms with Gasteiger partial charge in [-0.15, -0.1) is 0 Å². The Morgan fingerprint density at radius 3 is 2.44 bits per heavy atom. The first-order valence-corrected chi connectivity index (χ1v) is 13.1. The molecule has 0 fully saturated rings. The molecular formula is C28H35F3N4O6. The summed E-state index contributed by atoms with van der Waals surface area (Å²) in [7, 11) is 3.15. The number of carbonyl (C=O) groups excluding carboxylic acids is 3. The van der Waals surface area contributed by atoms with Crippen LogP contribution in [0.3, 0.4) is 0 Å². The maximum absolute atomic E-state index is 13.5. The number of nitrogens with one attached hydrogen (secondary N) is 2. The smallest absolute Gasteiger partial charge is 0.389 e. The third-order valence-corrected chi connectivity index (χ3v) is 6.73. The molecule has 1 aliphatic heterocycles. The number of hydrogen-bond acceptors (Lipinski definition) is 6. The summed E-state index contributed by atoms with van der Waals surface area (Å²) in [6.45, 7) is 3.58. The number of rotatable bonds is 9. The van der Waals surface area contributed by atoms with E-state index in [9.17, 15) is 32.7 Å². The number of halogens is 3. The Bertz CT molecular complexity index is 1220. The molecule has 1 aliphatic rings. The van der Waals surface area contributed by atoms with Crippen LogP contribution in [0, 0.1) is 5.92 Å². The number of hydrogen-bond donors (Lipinski definition) is 3. The SMILES string of the molecule is COc1ccc(NC(=O)N(C)C[C@H]2Oc3ccc(NC(=O)CCC(F)(F)F)cc3C(=O)N([C@H](C)CO)C[C@H]2C)cc1. The van der Waals surface area contributed by atoms with Gasteiger partial charge in [0.25, 0.3) is 5.91 Å². The van der Waals surface area contributed by atoms with Crippen LogP contribution >= 0.6 is 0 Å². The molecule has 224 valence electrons. The van der Waals surface area contributed by atoms with Crippen LogP contribution in [0.2, 0.25) is 0 Å². The molecule has 0 saturated carbocycles. The van der Waals surface area contributed by atoms with Crippen molar-refractivity contribution in [3.8, 4) is 11.5 Å². The highest BCUT2D eigenvalue weighted by Crippen LogP contribution is 2.31. The van der Waals surface area contributed by atoms with Gasteiger partial charge >= 0.3 is 12.2 Å². The molecular weight excluding hydrogens is 545 g/mol.